The minimum Gasteiger partial charge on any atom is -0.365 e. The molecule has 0 aliphatic heterocycles. The molecule has 1 rings (SSSR count). The summed E-state index contributed by atoms with van der Waals surface area (Å²) >= 11 is 5.82. The van der Waals surface area contributed by atoms with E-state index in [0.29, 0.717) is 5.15 Å². The highest BCUT2D eigenvalue weighted by molar-refractivity contribution is 6.29. The molecule has 0 atom stereocenters. The Kier molecular flexibility index (Phi) is 3.79. The van der Waals surface area contributed by atoms with Crippen molar-refractivity contribution < 1.29 is 0 Å². The molecule has 90 valence electrons. The molecule has 3 nitrogen and oxygen atoms in total. The minimum absolute atomic E-state index is 0.0179. The molecule has 1 N–H and O–H groups in total. The molecule has 1 aromatic heterocycles. The van der Waals surface area contributed by atoms with E-state index in [9.17, 15) is 0 Å². The molecule has 0 bridgehead atoms. The monoisotopic (exact) mass is 241 g/mol. The maximum atomic E-state index is 5.82. The van der Waals surface area contributed by atoms with E-state index in [1.807, 2.05) is 0 Å². The fraction of sp³-hybridized carbons (Fsp3) is 0.667. The van der Waals surface area contributed by atoms with Gasteiger partial charge in [-0.25, -0.2) is 9.97 Å². The third-order valence-corrected chi connectivity index (χ3v) is 2.28. The molecule has 0 fully saturated rings. The summed E-state index contributed by atoms with van der Waals surface area (Å²) in [5.74, 6) is 0.772. The van der Waals surface area contributed by atoms with Gasteiger partial charge in [0.05, 0.1) is 0 Å². The topological polar surface area (TPSA) is 37.8 Å². The summed E-state index contributed by atoms with van der Waals surface area (Å²) in [5.41, 5.74) is 0.253. The van der Waals surface area contributed by atoms with Gasteiger partial charge in [-0.2, -0.15) is 0 Å². The van der Waals surface area contributed by atoms with Crippen LogP contribution in [0.1, 0.15) is 41.0 Å². The molecule has 4 heteroatoms. The first-order chi connectivity index (χ1) is 7.18. The first kappa shape index (κ1) is 13.2. The molecule has 16 heavy (non-hydrogen) atoms. The Hall–Kier alpha value is -0.830. The van der Waals surface area contributed by atoms with Crippen molar-refractivity contribution in [3.63, 3.8) is 0 Å². The molecule has 0 aromatic carbocycles. The van der Waals surface area contributed by atoms with Crippen molar-refractivity contribution in [2.75, 3.05) is 5.32 Å². The lowest BCUT2D eigenvalue weighted by Gasteiger charge is -2.33. The molecule has 0 aliphatic rings. The van der Waals surface area contributed by atoms with Crippen molar-refractivity contribution in [3.8, 4) is 0 Å². The van der Waals surface area contributed by atoms with Gasteiger partial charge in [0.1, 0.15) is 17.3 Å². The van der Waals surface area contributed by atoms with Crippen molar-refractivity contribution in [2.24, 2.45) is 5.41 Å². The summed E-state index contributed by atoms with van der Waals surface area (Å²) in [6, 6.07) is 1.74. The van der Waals surface area contributed by atoms with Crippen molar-refractivity contribution in [1.29, 1.82) is 0 Å². The highest BCUT2D eigenvalue weighted by Crippen LogP contribution is 2.29. The summed E-state index contributed by atoms with van der Waals surface area (Å²) in [6.07, 6.45) is 2.51. The Labute approximate surface area is 103 Å². The molecule has 0 amide bonds. The SMILES string of the molecule is CC(C)(C)CC(C)(C)Nc1cc(Cl)ncn1. The Bertz CT molecular complexity index is 356. The van der Waals surface area contributed by atoms with Gasteiger partial charge in [0.2, 0.25) is 0 Å². The second kappa shape index (κ2) is 4.58. The molecule has 0 radical (unpaired) electrons. The second-order valence-corrected chi connectivity index (χ2v) is 6.36. The number of aromatic nitrogens is 2. The van der Waals surface area contributed by atoms with Gasteiger partial charge < -0.3 is 5.32 Å². The fourth-order valence-electron chi connectivity index (χ4n) is 2.12. The summed E-state index contributed by atoms with van der Waals surface area (Å²) in [7, 11) is 0. The number of hydrogen-bond donors (Lipinski definition) is 1. The van der Waals surface area contributed by atoms with E-state index in [-0.39, 0.29) is 11.0 Å². The van der Waals surface area contributed by atoms with Crippen molar-refractivity contribution in [3.05, 3.63) is 17.5 Å². The van der Waals surface area contributed by atoms with Gasteiger partial charge in [-0.05, 0) is 25.7 Å². The smallest absolute Gasteiger partial charge is 0.134 e. The van der Waals surface area contributed by atoms with Crippen LogP contribution in [-0.4, -0.2) is 15.5 Å². The van der Waals surface area contributed by atoms with E-state index < -0.39 is 0 Å². The van der Waals surface area contributed by atoms with Gasteiger partial charge >= 0.3 is 0 Å². The average molecular weight is 242 g/mol. The number of hydrogen-bond acceptors (Lipinski definition) is 3. The Balaban J connectivity index is 2.72. The lowest BCUT2D eigenvalue weighted by atomic mass is 9.82. The minimum atomic E-state index is -0.0179. The maximum absolute atomic E-state index is 5.82. The van der Waals surface area contributed by atoms with Gasteiger partial charge in [-0.15, -0.1) is 0 Å². The van der Waals surface area contributed by atoms with E-state index in [1.165, 1.54) is 6.33 Å². The van der Waals surface area contributed by atoms with Gasteiger partial charge in [0.25, 0.3) is 0 Å². The zero-order valence-corrected chi connectivity index (χ0v) is 11.4. The summed E-state index contributed by atoms with van der Waals surface area (Å²) in [4.78, 5) is 8.01. The van der Waals surface area contributed by atoms with Crippen LogP contribution in [0.25, 0.3) is 0 Å². The van der Waals surface area contributed by atoms with Gasteiger partial charge in [-0.3, -0.25) is 0 Å². The van der Waals surface area contributed by atoms with Crippen LogP contribution >= 0.6 is 11.6 Å². The zero-order chi connectivity index (χ0) is 12.4. The van der Waals surface area contributed by atoms with E-state index in [2.05, 4.69) is 49.9 Å². The molecule has 0 aliphatic carbocycles. The normalized spacial score (nSPS) is 12.6. The van der Waals surface area contributed by atoms with Crippen LogP contribution in [0, 0.1) is 5.41 Å². The highest BCUT2D eigenvalue weighted by atomic mass is 35.5. The molecular formula is C12H20ClN3. The summed E-state index contributed by atoms with van der Waals surface area (Å²) in [5, 5.41) is 3.84. The van der Waals surface area contributed by atoms with Crippen LogP contribution < -0.4 is 5.32 Å². The van der Waals surface area contributed by atoms with Crippen LogP contribution in [0.5, 0.6) is 0 Å². The largest absolute Gasteiger partial charge is 0.365 e. The van der Waals surface area contributed by atoms with Crippen LogP contribution in [0.4, 0.5) is 5.82 Å². The third kappa shape index (κ3) is 4.79. The van der Waals surface area contributed by atoms with E-state index in [4.69, 9.17) is 11.6 Å². The van der Waals surface area contributed by atoms with E-state index in [0.717, 1.165) is 12.2 Å². The predicted molar refractivity (Wildman–Crippen MR) is 68.8 cm³/mol. The molecule has 1 heterocycles. The van der Waals surface area contributed by atoms with Gasteiger partial charge in [0.15, 0.2) is 0 Å². The lowest BCUT2D eigenvalue weighted by molar-refractivity contribution is 0.302. The quantitative estimate of drug-likeness (QED) is 0.819. The molecule has 0 spiro atoms. The first-order valence-corrected chi connectivity index (χ1v) is 5.82. The summed E-state index contributed by atoms with van der Waals surface area (Å²) in [6.45, 7) is 11.0. The highest BCUT2D eigenvalue weighted by Gasteiger charge is 2.25. The summed E-state index contributed by atoms with van der Waals surface area (Å²) < 4.78 is 0. The van der Waals surface area contributed by atoms with Crippen LogP contribution in [-0.2, 0) is 0 Å². The number of halogens is 1. The average Bonchev–Trinajstić information content (AvgIpc) is 1.96. The second-order valence-electron chi connectivity index (χ2n) is 5.97. The lowest BCUT2D eigenvalue weighted by Crippen LogP contribution is -2.35. The van der Waals surface area contributed by atoms with Gasteiger partial charge in [0, 0.05) is 11.6 Å². The standard InChI is InChI=1S/C12H20ClN3/c1-11(2,3)7-12(4,5)16-10-6-9(13)14-8-15-10/h6,8H,7H2,1-5H3,(H,14,15,16). The first-order valence-electron chi connectivity index (χ1n) is 5.44. The Morgan fingerprint density at radius 2 is 1.81 bits per heavy atom. The molecular weight excluding hydrogens is 222 g/mol. The maximum Gasteiger partial charge on any atom is 0.134 e. The van der Waals surface area contributed by atoms with Crippen LogP contribution in [0.15, 0.2) is 12.4 Å². The number of nitrogens with one attached hydrogen (secondary N) is 1. The van der Waals surface area contributed by atoms with Crippen molar-refractivity contribution >= 4 is 17.4 Å². The van der Waals surface area contributed by atoms with Crippen molar-refractivity contribution in [2.45, 2.75) is 46.6 Å². The Morgan fingerprint density at radius 1 is 1.19 bits per heavy atom. The van der Waals surface area contributed by atoms with E-state index >= 15 is 0 Å². The number of rotatable bonds is 3. The molecule has 0 saturated heterocycles. The van der Waals surface area contributed by atoms with Crippen LogP contribution in [0.2, 0.25) is 5.15 Å². The van der Waals surface area contributed by atoms with Crippen molar-refractivity contribution in [1.82, 2.24) is 9.97 Å². The molecule has 0 unspecified atom stereocenters. The van der Waals surface area contributed by atoms with Gasteiger partial charge in [-0.1, -0.05) is 32.4 Å². The van der Waals surface area contributed by atoms with Crippen LogP contribution in [0.3, 0.4) is 0 Å². The predicted octanol–water partition coefficient (Wildman–Crippen LogP) is 3.76. The molecule has 0 saturated carbocycles. The zero-order valence-electron chi connectivity index (χ0n) is 10.6. The number of nitrogens with zero attached hydrogens (tertiary/aromatic N) is 2. The molecule has 1 aromatic rings. The number of anilines is 1. The third-order valence-electron chi connectivity index (χ3n) is 2.07. The fourth-order valence-corrected chi connectivity index (χ4v) is 2.27. The van der Waals surface area contributed by atoms with E-state index in [1.54, 1.807) is 6.07 Å². The Morgan fingerprint density at radius 3 is 2.31 bits per heavy atom.